The average Bonchev–Trinajstić information content (AvgIpc) is 2.79. The standard InChI is InChI=1S/C18H35N3O2S/c1-4-24-16-7-5-6-8-20(13-16)14-17(22)19-15-18(2,3)21-9-11-23-12-10-21/h16H,4-15H2,1-3H3,(H,19,22)/t16-/m0/s1. The summed E-state index contributed by atoms with van der Waals surface area (Å²) in [6.45, 7) is 13.5. The number of ether oxygens (including phenoxy) is 1. The lowest BCUT2D eigenvalue weighted by Crippen LogP contribution is -2.56. The molecule has 0 saturated carbocycles. The highest BCUT2D eigenvalue weighted by atomic mass is 32.2. The minimum Gasteiger partial charge on any atom is -0.379 e. The molecule has 0 unspecified atom stereocenters. The number of amides is 1. The van der Waals surface area contributed by atoms with Gasteiger partial charge in [0.25, 0.3) is 0 Å². The molecule has 1 amide bonds. The van der Waals surface area contributed by atoms with Gasteiger partial charge in [0.2, 0.25) is 5.91 Å². The summed E-state index contributed by atoms with van der Waals surface area (Å²) in [6, 6.07) is 0. The smallest absolute Gasteiger partial charge is 0.234 e. The Balaban J connectivity index is 1.75. The van der Waals surface area contributed by atoms with Gasteiger partial charge in [0, 0.05) is 37.0 Å². The Morgan fingerprint density at radius 3 is 2.71 bits per heavy atom. The predicted octanol–water partition coefficient (Wildman–Crippen LogP) is 1.82. The van der Waals surface area contributed by atoms with Gasteiger partial charge in [-0.1, -0.05) is 13.3 Å². The highest BCUT2D eigenvalue weighted by Crippen LogP contribution is 2.21. The van der Waals surface area contributed by atoms with Crippen molar-refractivity contribution in [2.24, 2.45) is 0 Å². The lowest BCUT2D eigenvalue weighted by molar-refractivity contribution is -0.123. The van der Waals surface area contributed by atoms with Gasteiger partial charge in [-0.15, -0.1) is 0 Å². The van der Waals surface area contributed by atoms with Crippen molar-refractivity contribution in [1.29, 1.82) is 0 Å². The summed E-state index contributed by atoms with van der Waals surface area (Å²) in [5.74, 6) is 1.33. The van der Waals surface area contributed by atoms with Gasteiger partial charge >= 0.3 is 0 Å². The minimum absolute atomic E-state index is 0.0151. The molecule has 1 atom stereocenters. The second-order valence-electron chi connectivity index (χ2n) is 7.50. The fourth-order valence-electron chi connectivity index (χ4n) is 3.55. The van der Waals surface area contributed by atoms with Crippen molar-refractivity contribution in [2.45, 2.75) is 50.8 Å². The van der Waals surface area contributed by atoms with Crippen molar-refractivity contribution in [3.05, 3.63) is 0 Å². The molecule has 0 aromatic carbocycles. The lowest BCUT2D eigenvalue weighted by Gasteiger charge is -2.41. The Morgan fingerprint density at radius 2 is 2.00 bits per heavy atom. The van der Waals surface area contributed by atoms with E-state index in [1.807, 2.05) is 11.8 Å². The molecule has 6 heteroatoms. The van der Waals surface area contributed by atoms with Crippen molar-refractivity contribution in [2.75, 3.05) is 58.2 Å². The molecule has 24 heavy (non-hydrogen) atoms. The van der Waals surface area contributed by atoms with Gasteiger partial charge < -0.3 is 10.1 Å². The van der Waals surface area contributed by atoms with Crippen LogP contribution >= 0.6 is 11.8 Å². The number of nitrogens with zero attached hydrogens (tertiary/aromatic N) is 2. The summed E-state index contributed by atoms with van der Waals surface area (Å²) >= 11 is 2.04. The van der Waals surface area contributed by atoms with Crippen LogP contribution in [-0.2, 0) is 9.53 Å². The Hall–Kier alpha value is -0.300. The third-order valence-electron chi connectivity index (χ3n) is 5.07. The van der Waals surface area contributed by atoms with E-state index in [0.717, 1.165) is 39.4 Å². The summed E-state index contributed by atoms with van der Waals surface area (Å²) in [7, 11) is 0. The number of likely N-dealkylation sites (tertiary alicyclic amines) is 1. The molecular weight excluding hydrogens is 322 g/mol. The number of hydrogen-bond donors (Lipinski definition) is 1. The van der Waals surface area contributed by atoms with Gasteiger partial charge in [0.1, 0.15) is 0 Å². The van der Waals surface area contributed by atoms with Crippen LogP contribution in [0.5, 0.6) is 0 Å². The van der Waals surface area contributed by atoms with E-state index < -0.39 is 0 Å². The molecule has 2 rings (SSSR count). The molecule has 1 N–H and O–H groups in total. The van der Waals surface area contributed by atoms with Crippen LogP contribution in [0.3, 0.4) is 0 Å². The number of rotatable bonds is 7. The predicted molar refractivity (Wildman–Crippen MR) is 102 cm³/mol. The van der Waals surface area contributed by atoms with Gasteiger partial charge in [-0.05, 0) is 39.0 Å². The van der Waals surface area contributed by atoms with Gasteiger partial charge in [0.05, 0.1) is 19.8 Å². The first kappa shape index (κ1) is 20.0. The lowest BCUT2D eigenvalue weighted by atomic mass is 10.0. The molecule has 0 bridgehead atoms. The van der Waals surface area contributed by atoms with E-state index in [0.29, 0.717) is 18.3 Å². The number of thioether (sulfide) groups is 1. The fraction of sp³-hybridized carbons (Fsp3) is 0.944. The first-order valence-electron chi connectivity index (χ1n) is 9.44. The van der Waals surface area contributed by atoms with Gasteiger partial charge in [-0.3, -0.25) is 14.6 Å². The SMILES string of the molecule is CCS[C@H]1CCCCN(CC(=O)NCC(C)(C)N2CCOCC2)C1. The van der Waals surface area contributed by atoms with E-state index in [9.17, 15) is 4.79 Å². The molecule has 2 saturated heterocycles. The molecule has 2 heterocycles. The molecule has 140 valence electrons. The largest absolute Gasteiger partial charge is 0.379 e. The van der Waals surface area contributed by atoms with Gasteiger partial charge in [-0.25, -0.2) is 0 Å². The summed E-state index contributed by atoms with van der Waals surface area (Å²) in [5.41, 5.74) is -0.0151. The normalized spacial score (nSPS) is 24.5. The molecule has 5 nitrogen and oxygen atoms in total. The second-order valence-corrected chi connectivity index (χ2v) is 9.07. The van der Waals surface area contributed by atoms with Crippen LogP contribution < -0.4 is 5.32 Å². The monoisotopic (exact) mass is 357 g/mol. The molecule has 0 radical (unpaired) electrons. The first-order valence-corrected chi connectivity index (χ1v) is 10.5. The third-order valence-corrected chi connectivity index (χ3v) is 6.26. The molecular formula is C18H35N3O2S. The minimum atomic E-state index is -0.0151. The van der Waals surface area contributed by atoms with Crippen LogP contribution in [0.25, 0.3) is 0 Å². The van der Waals surface area contributed by atoms with Crippen LogP contribution in [-0.4, -0.2) is 84.7 Å². The Bertz CT molecular complexity index is 386. The van der Waals surface area contributed by atoms with E-state index in [2.05, 4.69) is 35.9 Å². The molecule has 2 aliphatic heterocycles. The van der Waals surface area contributed by atoms with Crippen LogP contribution in [0.2, 0.25) is 0 Å². The molecule has 0 aromatic rings. The van der Waals surface area contributed by atoms with Crippen molar-refractivity contribution < 1.29 is 9.53 Å². The summed E-state index contributed by atoms with van der Waals surface area (Å²) in [5, 5.41) is 3.85. The number of nitrogens with one attached hydrogen (secondary N) is 1. The zero-order valence-corrected chi connectivity index (χ0v) is 16.5. The maximum absolute atomic E-state index is 12.4. The maximum Gasteiger partial charge on any atom is 0.234 e. The zero-order valence-electron chi connectivity index (χ0n) is 15.7. The Morgan fingerprint density at radius 1 is 1.25 bits per heavy atom. The van der Waals surface area contributed by atoms with E-state index in [-0.39, 0.29) is 11.4 Å². The fourth-order valence-corrected chi connectivity index (χ4v) is 4.67. The van der Waals surface area contributed by atoms with E-state index >= 15 is 0 Å². The van der Waals surface area contributed by atoms with Crippen molar-refractivity contribution in [1.82, 2.24) is 15.1 Å². The highest BCUT2D eigenvalue weighted by Gasteiger charge is 2.29. The summed E-state index contributed by atoms with van der Waals surface area (Å²) < 4.78 is 5.43. The average molecular weight is 358 g/mol. The van der Waals surface area contributed by atoms with Crippen molar-refractivity contribution in [3.63, 3.8) is 0 Å². The molecule has 2 aliphatic rings. The molecule has 2 fully saturated rings. The maximum atomic E-state index is 12.4. The van der Waals surface area contributed by atoms with Crippen LogP contribution in [0.15, 0.2) is 0 Å². The quantitative estimate of drug-likeness (QED) is 0.753. The first-order chi connectivity index (χ1) is 11.5. The summed E-state index contributed by atoms with van der Waals surface area (Å²) in [4.78, 5) is 17.2. The van der Waals surface area contributed by atoms with E-state index in [1.165, 1.54) is 25.0 Å². The van der Waals surface area contributed by atoms with Crippen LogP contribution in [0, 0.1) is 0 Å². The van der Waals surface area contributed by atoms with Crippen molar-refractivity contribution >= 4 is 17.7 Å². The molecule has 0 aromatic heterocycles. The Labute approximate surface area is 151 Å². The number of carbonyl (C=O) groups excluding carboxylic acids is 1. The molecule has 0 aliphatic carbocycles. The van der Waals surface area contributed by atoms with Gasteiger partial charge in [0.15, 0.2) is 0 Å². The Kier molecular flexibility index (Phi) is 8.34. The number of hydrogen-bond acceptors (Lipinski definition) is 5. The zero-order chi connectivity index (χ0) is 17.4. The molecule has 0 spiro atoms. The van der Waals surface area contributed by atoms with E-state index in [4.69, 9.17) is 4.74 Å². The second kappa shape index (κ2) is 10.00. The van der Waals surface area contributed by atoms with Crippen LogP contribution in [0.1, 0.15) is 40.0 Å². The third kappa shape index (κ3) is 6.54. The number of morpholine rings is 1. The highest BCUT2D eigenvalue weighted by molar-refractivity contribution is 7.99. The topological polar surface area (TPSA) is 44.8 Å². The van der Waals surface area contributed by atoms with Gasteiger partial charge in [-0.2, -0.15) is 11.8 Å². The summed E-state index contributed by atoms with van der Waals surface area (Å²) in [6.07, 6.45) is 3.80. The number of carbonyl (C=O) groups is 1. The van der Waals surface area contributed by atoms with Crippen molar-refractivity contribution in [3.8, 4) is 0 Å². The van der Waals surface area contributed by atoms with E-state index in [1.54, 1.807) is 0 Å². The van der Waals surface area contributed by atoms with Crippen LogP contribution in [0.4, 0.5) is 0 Å².